The molecule has 1 aliphatic heterocycles. The molecule has 4 bridgehead atoms. The van der Waals surface area contributed by atoms with E-state index in [2.05, 4.69) is 10.2 Å². The number of carbonyl (C=O) groups excluding carboxylic acids is 2. The van der Waals surface area contributed by atoms with Gasteiger partial charge in [0.05, 0.1) is 6.54 Å². The van der Waals surface area contributed by atoms with Crippen LogP contribution in [-0.4, -0.2) is 45.5 Å². The average molecular weight is 362 g/mol. The lowest BCUT2D eigenvalue weighted by Crippen LogP contribution is -2.64. The molecule has 1 heterocycles. The van der Waals surface area contributed by atoms with Crippen molar-refractivity contribution in [3.8, 4) is 0 Å². The lowest BCUT2D eigenvalue weighted by molar-refractivity contribution is -0.131. The Kier molecular flexibility index (Phi) is 4.36. The second-order valence-corrected chi connectivity index (χ2v) is 10.4. The van der Waals surface area contributed by atoms with E-state index in [1.165, 1.54) is 6.42 Å². The van der Waals surface area contributed by atoms with Gasteiger partial charge in [0.25, 0.3) is 0 Å². The Balaban J connectivity index is 1.44. The molecule has 1 N–H and O–H groups in total. The third kappa shape index (κ3) is 3.21. The zero-order valence-corrected chi connectivity index (χ0v) is 15.7. The summed E-state index contributed by atoms with van der Waals surface area (Å²) in [7, 11) is 0. The third-order valence-corrected chi connectivity index (χ3v) is 7.87. The van der Waals surface area contributed by atoms with Gasteiger partial charge in [0.2, 0.25) is 5.91 Å². The fourth-order valence-corrected chi connectivity index (χ4v) is 7.94. The van der Waals surface area contributed by atoms with Crippen molar-refractivity contribution in [1.82, 2.24) is 10.2 Å². The molecular formula is C19H27N3O2S. The van der Waals surface area contributed by atoms with Crippen molar-refractivity contribution >= 4 is 22.8 Å². The highest BCUT2D eigenvalue weighted by molar-refractivity contribution is 8.14. The van der Waals surface area contributed by atoms with Gasteiger partial charge < -0.3 is 5.32 Å². The van der Waals surface area contributed by atoms with Gasteiger partial charge in [-0.25, -0.2) is 6.57 Å². The molecule has 6 heteroatoms. The van der Waals surface area contributed by atoms with E-state index in [0.29, 0.717) is 18.4 Å². The molecule has 5 rings (SSSR count). The van der Waals surface area contributed by atoms with E-state index in [1.54, 1.807) is 23.6 Å². The molecule has 0 spiro atoms. The topological polar surface area (TPSA) is 53.8 Å². The summed E-state index contributed by atoms with van der Waals surface area (Å²) in [6, 6.07) is 0. The van der Waals surface area contributed by atoms with E-state index in [4.69, 9.17) is 6.57 Å². The van der Waals surface area contributed by atoms with Crippen molar-refractivity contribution in [2.45, 2.75) is 74.7 Å². The van der Waals surface area contributed by atoms with Crippen LogP contribution < -0.4 is 5.32 Å². The van der Waals surface area contributed by atoms with Crippen molar-refractivity contribution in [3.63, 3.8) is 0 Å². The van der Waals surface area contributed by atoms with Crippen molar-refractivity contribution < 1.29 is 9.59 Å². The van der Waals surface area contributed by atoms with E-state index in [0.717, 1.165) is 51.5 Å². The largest absolute Gasteiger partial charge is 0.303 e. The van der Waals surface area contributed by atoms with Crippen LogP contribution >= 0.6 is 11.8 Å². The number of likely N-dealkylation sites (tertiary alicyclic amines) is 1. The fraction of sp³-hybridized carbons (Fsp3) is 0.842. The van der Waals surface area contributed by atoms with Gasteiger partial charge in [-0.2, -0.15) is 0 Å². The normalized spacial score (nSPS) is 41.8. The number of amides is 1. The van der Waals surface area contributed by atoms with Crippen LogP contribution in [0, 0.1) is 18.4 Å². The van der Waals surface area contributed by atoms with Gasteiger partial charge >= 0.3 is 6.17 Å². The van der Waals surface area contributed by atoms with Crippen molar-refractivity contribution in [3.05, 3.63) is 11.4 Å². The molecule has 0 radical (unpaired) electrons. The molecule has 2 unspecified atom stereocenters. The summed E-state index contributed by atoms with van der Waals surface area (Å²) in [6.45, 7) is 10.0. The van der Waals surface area contributed by atoms with E-state index >= 15 is 0 Å². The summed E-state index contributed by atoms with van der Waals surface area (Å²) in [5.41, 5.74) is 0.0233. The molecule has 0 aromatic rings. The van der Waals surface area contributed by atoms with Crippen LogP contribution in [0.25, 0.3) is 4.85 Å². The molecule has 3 atom stereocenters. The smallest absolute Gasteiger partial charge is 0.300 e. The van der Waals surface area contributed by atoms with Gasteiger partial charge in [-0.05, 0) is 56.8 Å². The maximum Gasteiger partial charge on any atom is 0.300 e. The molecule has 5 nitrogen and oxygen atoms in total. The second-order valence-electron chi connectivity index (χ2n) is 8.71. The predicted molar refractivity (Wildman–Crippen MR) is 97.8 cm³/mol. The molecule has 5 fully saturated rings. The third-order valence-electron chi connectivity index (χ3n) is 6.67. The van der Waals surface area contributed by atoms with Crippen LogP contribution in [0.2, 0.25) is 0 Å². The Labute approximate surface area is 154 Å². The quantitative estimate of drug-likeness (QED) is 0.783. The zero-order valence-electron chi connectivity index (χ0n) is 14.9. The van der Waals surface area contributed by atoms with Gasteiger partial charge in [0.1, 0.15) is 0 Å². The van der Waals surface area contributed by atoms with E-state index in [9.17, 15) is 9.59 Å². The highest BCUT2D eigenvalue weighted by Gasteiger charge is 2.58. The molecular weight excluding hydrogens is 334 g/mol. The summed E-state index contributed by atoms with van der Waals surface area (Å²) in [6.07, 6.45) is 8.40. The maximum absolute atomic E-state index is 12.6. The van der Waals surface area contributed by atoms with Crippen molar-refractivity contribution in [1.29, 1.82) is 0 Å². The first-order valence-corrected chi connectivity index (χ1v) is 10.3. The van der Waals surface area contributed by atoms with Crippen molar-refractivity contribution in [2.75, 3.05) is 13.1 Å². The molecule has 1 amide bonds. The van der Waals surface area contributed by atoms with Crippen LogP contribution in [0.1, 0.15) is 58.3 Å². The monoisotopic (exact) mass is 361 g/mol. The highest BCUT2D eigenvalue weighted by atomic mass is 32.2. The Morgan fingerprint density at radius 1 is 1.28 bits per heavy atom. The number of hydrogen-bond acceptors (Lipinski definition) is 4. The van der Waals surface area contributed by atoms with Gasteiger partial charge in [-0.1, -0.05) is 11.8 Å². The molecule has 4 saturated carbocycles. The summed E-state index contributed by atoms with van der Waals surface area (Å²) in [4.78, 5) is 29.8. The number of carbonyl (C=O) groups is 2. The molecule has 5 aliphatic rings. The first kappa shape index (κ1) is 17.4. The first-order valence-electron chi connectivity index (χ1n) is 9.53. The van der Waals surface area contributed by atoms with Crippen LogP contribution in [0.15, 0.2) is 0 Å². The highest BCUT2D eigenvalue weighted by Crippen LogP contribution is 2.62. The minimum absolute atomic E-state index is 0.0233. The number of nitrogens with one attached hydrogen (secondary N) is 1. The van der Waals surface area contributed by atoms with Gasteiger partial charge in [-0.3, -0.25) is 19.3 Å². The predicted octanol–water partition coefficient (Wildman–Crippen LogP) is 2.81. The van der Waals surface area contributed by atoms with Crippen molar-refractivity contribution in [2.24, 2.45) is 11.8 Å². The minimum Gasteiger partial charge on any atom is -0.303 e. The number of thioether (sulfide) groups is 1. The second kappa shape index (κ2) is 6.28. The fourth-order valence-electron chi connectivity index (χ4n) is 6.35. The standard InChI is InChI=1S/C19H27N3O2S/c1-13(23)25-19-9-14-6-15(10-19)8-18(7-14,12-19)21-11-17(24)22-5-3-4-16(22)20-2/h14-16,21H,3-12H2,1H3/t14?,15?,16-,18?,19?/m0/s1. The lowest BCUT2D eigenvalue weighted by Gasteiger charge is -2.61. The van der Waals surface area contributed by atoms with Gasteiger partial charge in [0, 0.05) is 30.2 Å². The SMILES string of the molecule is [C-]#[N+][C@@H]1CCCN1C(=O)CNC12CC3CC(C1)CC(SC(C)=O)(C3)C2. The molecule has 0 aromatic carbocycles. The first-order chi connectivity index (χ1) is 11.9. The van der Waals surface area contributed by atoms with E-state index in [-0.39, 0.29) is 27.5 Å². The molecule has 4 aliphatic carbocycles. The van der Waals surface area contributed by atoms with Gasteiger partial charge in [-0.15, -0.1) is 0 Å². The van der Waals surface area contributed by atoms with E-state index in [1.807, 2.05) is 0 Å². The average Bonchev–Trinajstić information content (AvgIpc) is 2.98. The van der Waals surface area contributed by atoms with E-state index < -0.39 is 0 Å². The molecule has 1 saturated heterocycles. The zero-order chi connectivity index (χ0) is 17.7. The Morgan fingerprint density at radius 3 is 2.64 bits per heavy atom. The number of nitrogens with zero attached hydrogens (tertiary/aromatic N) is 2. The van der Waals surface area contributed by atoms with Crippen LogP contribution in [0.4, 0.5) is 0 Å². The number of rotatable bonds is 4. The molecule has 0 aromatic heterocycles. The molecule has 25 heavy (non-hydrogen) atoms. The van der Waals surface area contributed by atoms with Gasteiger partial charge in [0.15, 0.2) is 5.12 Å². The Morgan fingerprint density at radius 2 is 2.00 bits per heavy atom. The van der Waals surface area contributed by atoms with Crippen LogP contribution in [0.5, 0.6) is 0 Å². The Bertz CT molecular complexity index is 615. The summed E-state index contributed by atoms with van der Waals surface area (Å²) in [5, 5.41) is 3.85. The summed E-state index contributed by atoms with van der Waals surface area (Å²) >= 11 is 1.56. The minimum atomic E-state index is -0.259. The number of hydrogen-bond donors (Lipinski definition) is 1. The maximum atomic E-state index is 12.6. The van der Waals surface area contributed by atoms with Crippen LogP contribution in [0.3, 0.4) is 0 Å². The molecule has 136 valence electrons. The summed E-state index contributed by atoms with van der Waals surface area (Å²) in [5.74, 6) is 1.46. The van der Waals surface area contributed by atoms with Crippen LogP contribution in [-0.2, 0) is 9.59 Å². The summed E-state index contributed by atoms with van der Waals surface area (Å²) < 4.78 is 0.0959. The Hall–Kier alpha value is -1.06. The lowest BCUT2D eigenvalue weighted by atomic mass is 9.52.